The van der Waals surface area contributed by atoms with E-state index in [1.165, 1.54) is 0 Å². The van der Waals surface area contributed by atoms with Crippen molar-refractivity contribution in [3.8, 4) is 0 Å². The van der Waals surface area contributed by atoms with Gasteiger partial charge in [0.25, 0.3) is 0 Å². The molecule has 0 spiro atoms. The minimum Gasteiger partial charge on any atom is -0.379 e. The molecule has 0 atom stereocenters. The summed E-state index contributed by atoms with van der Waals surface area (Å²) in [5, 5.41) is 2.91. The molecule has 0 bridgehead atoms. The largest absolute Gasteiger partial charge is 0.379 e. The first-order valence-electron chi connectivity index (χ1n) is 6.52. The van der Waals surface area contributed by atoms with Crippen LogP contribution in [0.1, 0.15) is 31.4 Å². The zero-order valence-corrected chi connectivity index (χ0v) is 11.5. The number of ether oxygens (including phenoxy) is 1. The summed E-state index contributed by atoms with van der Waals surface area (Å²) in [5.74, 6) is 0.0776. The second-order valence-electron chi connectivity index (χ2n) is 4.73. The molecular formula is C15H23NO2. The average Bonchev–Trinajstić information content (AvgIpc) is 2.31. The molecule has 1 amide bonds. The first-order chi connectivity index (χ1) is 8.59. The lowest BCUT2D eigenvalue weighted by Gasteiger charge is -2.09. The molecule has 0 saturated carbocycles. The van der Waals surface area contributed by atoms with Crippen LogP contribution >= 0.6 is 0 Å². The maximum Gasteiger partial charge on any atom is 0.224 e. The molecule has 0 fully saturated rings. The number of hydrogen-bond donors (Lipinski definition) is 1. The Labute approximate surface area is 110 Å². The summed E-state index contributed by atoms with van der Waals surface area (Å²) in [4.78, 5) is 11.7. The molecule has 0 aliphatic carbocycles. The molecule has 0 radical (unpaired) electrons. The van der Waals surface area contributed by atoms with E-state index in [1.54, 1.807) is 0 Å². The van der Waals surface area contributed by atoms with Crippen molar-refractivity contribution in [1.29, 1.82) is 0 Å². The number of nitrogens with one attached hydrogen (secondary N) is 1. The first kappa shape index (κ1) is 14.7. The van der Waals surface area contributed by atoms with E-state index in [-0.39, 0.29) is 12.0 Å². The van der Waals surface area contributed by atoms with Gasteiger partial charge in [0, 0.05) is 13.2 Å². The molecule has 3 heteroatoms. The van der Waals surface area contributed by atoms with Crippen molar-refractivity contribution in [3.63, 3.8) is 0 Å². The Morgan fingerprint density at radius 3 is 2.72 bits per heavy atom. The van der Waals surface area contributed by atoms with E-state index in [4.69, 9.17) is 4.74 Å². The minimum absolute atomic E-state index is 0.0776. The summed E-state index contributed by atoms with van der Waals surface area (Å²) < 4.78 is 5.41. The van der Waals surface area contributed by atoms with Gasteiger partial charge in [0.15, 0.2) is 0 Å². The Balaban J connectivity index is 2.20. The van der Waals surface area contributed by atoms with E-state index in [0.717, 1.165) is 17.5 Å². The van der Waals surface area contributed by atoms with E-state index in [0.29, 0.717) is 19.6 Å². The van der Waals surface area contributed by atoms with Crippen molar-refractivity contribution in [2.45, 2.75) is 39.7 Å². The fourth-order valence-electron chi connectivity index (χ4n) is 1.66. The number of carbonyl (C=O) groups excluding carboxylic acids is 1. The predicted octanol–water partition coefficient (Wildman–Crippen LogP) is 2.47. The van der Waals surface area contributed by atoms with Gasteiger partial charge in [-0.2, -0.15) is 0 Å². The highest BCUT2D eigenvalue weighted by molar-refractivity contribution is 5.78. The standard InChI is InChI=1S/C15H23NO2/c1-12(2)18-10-6-9-16-15(17)11-14-8-5-4-7-13(14)3/h4-5,7-8,12H,6,9-11H2,1-3H3,(H,16,17). The fraction of sp³-hybridized carbons (Fsp3) is 0.533. The maximum absolute atomic E-state index is 11.7. The smallest absolute Gasteiger partial charge is 0.224 e. The predicted molar refractivity (Wildman–Crippen MR) is 73.6 cm³/mol. The van der Waals surface area contributed by atoms with E-state index in [2.05, 4.69) is 5.32 Å². The van der Waals surface area contributed by atoms with E-state index < -0.39 is 0 Å². The quantitative estimate of drug-likeness (QED) is 0.754. The molecule has 1 aromatic rings. The van der Waals surface area contributed by atoms with Crippen molar-refractivity contribution in [2.24, 2.45) is 0 Å². The van der Waals surface area contributed by atoms with Crippen LogP contribution < -0.4 is 5.32 Å². The van der Waals surface area contributed by atoms with Crippen molar-refractivity contribution in [3.05, 3.63) is 35.4 Å². The minimum atomic E-state index is 0.0776. The van der Waals surface area contributed by atoms with Crippen molar-refractivity contribution < 1.29 is 9.53 Å². The summed E-state index contributed by atoms with van der Waals surface area (Å²) in [7, 11) is 0. The number of benzene rings is 1. The summed E-state index contributed by atoms with van der Waals surface area (Å²) >= 11 is 0. The summed E-state index contributed by atoms with van der Waals surface area (Å²) in [6, 6.07) is 7.97. The Hall–Kier alpha value is -1.35. The van der Waals surface area contributed by atoms with Gasteiger partial charge in [0.1, 0.15) is 0 Å². The van der Waals surface area contributed by atoms with Crippen LogP contribution in [0.3, 0.4) is 0 Å². The first-order valence-corrected chi connectivity index (χ1v) is 6.52. The number of aryl methyl sites for hydroxylation is 1. The van der Waals surface area contributed by atoms with Crippen LogP contribution in [0.5, 0.6) is 0 Å². The molecule has 1 aromatic carbocycles. The highest BCUT2D eigenvalue weighted by atomic mass is 16.5. The summed E-state index contributed by atoms with van der Waals surface area (Å²) in [6.07, 6.45) is 1.57. The van der Waals surface area contributed by atoms with Gasteiger partial charge in [-0.3, -0.25) is 4.79 Å². The fourth-order valence-corrected chi connectivity index (χ4v) is 1.66. The third kappa shape index (κ3) is 5.82. The van der Waals surface area contributed by atoms with Crippen LogP contribution in [0.2, 0.25) is 0 Å². The molecule has 0 saturated heterocycles. The zero-order valence-electron chi connectivity index (χ0n) is 11.5. The van der Waals surface area contributed by atoms with Gasteiger partial charge in [-0.05, 0) is 38.3 Å². The van der Waals surface area contributed by atoms with Crippen molar-refractivity contribution >= 4 is 5.91 Å². The summed E-state index contributed by atoms with van der Waals surface area (Å²) in [5.41, 5.74) is 2.25. The van der Waals surface area contributed by atoms with Crippen LogP contribution in [0, 0.1) is 6.92 Å². The monoisotopic (exact) mass is 249 g/mol. The van der Waals surface area contributed by atoms with Gasteiger partial charge >= 0.3 is 0 Å². The van der Waals surface area contributed by atoms with Crippen molar-refractivity contribution in [1.82, 2.24) is 5.32 Å². The summed E-state index contributed by atoms with van der Waals surface area (Å²) in [6.45, 7) is 7.42. The number of rotatable bonds is 7. The van der Waals surface area contributed by atoms with Gasteiger partial charge in [0.2, 0.25) is 5.91 Å². The number of hydrogen-bond acceptors (Lipinski definition) is 2. The molecule has 1 rings (SSSR count). The van der Waals surface area contributed by atoms with Crippen LogP contribution in [-0.4, -0.2) is 25.2 Å². The second kappa shape index (κ2) is 7.88. The van der Waals surface area contributed by atoms with Crippen molar-refractivity contribution in [2.75, 3.05) is 13.2 Å². The molecule has 18 heavy (non-hydrogen) atoms. The molecule has 0 aliphatic heterocycles. The Kier molecular flexibility index (Phi) is 6.44. The highest BCUT2D eigenvalue weighted by Crippen LogP contribution is 2.07. The Bertz CT molecular complexity index is 375. The molecular weight excluding hydrogens is 226 g/mol. The van der Waals surface area contributed by atoms with Crippen LogP contribution in [0.15, 0.2) is 24.3 Å². The number of amides is 1. The van der Waals surface area contributed by atoms with E-state index in [9.17, 15) is 4.79 Å². The van der Waals surface area contributed by atoms with E-state index >= 15 is 0 Å². The third-order valence-electron chi connectivity index (χ3n) is 2.71. The number of carbonyl (C=O) groups is 1. The average molecular weight is 249 g/mol. The molecule has 0 aromatic heterocycles. The molecule has 100 valence electrons. The Morgan fingerprint density at radius 2 is 2.06 bits per heavy atom. The van der Waals surface area contributed by atoms with E-state index in [1.807, 2.05) is 45.0 Å². The molecule has 0 aliphatic rings. The molecule has 3 nitrogen and oxygen atoms in total. The SMILES string of the molecule is Cc1ccccc1CC(=O)NCCCOC(C)C. The lowest BCUT2D eigenvalue weighted by atomic mass is 10.1. The second-order valence-corrected chi connectivity index (χ2v) is 4.73. The van der Waals surface area contributed by atoms with Gasteiger partial charge < -0.3 is 10.1 Å². The lowest BCUT2D eigenvalue weighted by Crippen LogP contribution is -2.27. The lowest BCUT2D eigenvalue weighted by molar-refractivity contribution is -0.120. The van der Waals surface area contributed by atoms with Gasteiger partial charge in [-0.15, -0.1) is 0 Å². The Morgan fingerprint density at radius 1 is 1.33 bits per heavy atom. The van der Waals surface area contributed by atoms with Crippen LogP contribution in [-0.2, 0) is 16.0 Å². The normalized spacial score (nSPS) is 10.7. The third-order valence-corrected chi connectivity index (χ3v) is 2.71. The van der Waals surface area contributed by atoms with Gasteiger partial charge in [-0.25, -0.2) is 0 Å². The van der Waals surface area contributed by atoms with Gasteiger partial charge in [0.05, 0.1) is 12.5 Å². The van der Waals surface area contributed by atoms with Crippen LogP contribution in [0.4, 0.5) is 0 Å². The molecule has 0 unspecified atom stereocenters. The topological polar surface area (TPSA) is 38.3 Å². The zero-order chi connectivity index (χ0) is 13.4. The molecule has 1 N–H and O–H groups in total. The van der Waals surface area contributed by atoms with Crippen LogP contribution in [0.25, 0.3) is 0 Å². The maximum atomic E-state index is 11.7. The highest BCUT2D eigenvalue weighted by Gasteiger charge is 2.04. The van der Waals surface area contributed by atoms with Gasteiger partial charge in [-0.1, -0.05) is 24.3 Å². The molecule has 0 heterocycles.